The van der Waals surface area contributed by atoms with Crippen molar-refractivity contribution in [1.82, 2.24) is 20.2 Å². The number of aromatic hydroxyl groups is 1. The van der Waals surface area contributed by atoms with E-state index in [-0.39, 0.29) is 5.75 Å². The van der Waals surface area contributed by atoms with Crippen molar-refractivity contribution in [2.45, 2.75) is 6.54 Å². The molecule has 0 atom stereocenters. The monoisotopic (exact) mass is 416 g/mol. The van der Waals surface area contributed by atoms with Crippen LogP contribution in [0.1, 0.15) is 27.0 Å². The van der Waals surface area contributed by atoms with Crippen molar-refractivity contribution in [3.63, 3.8) is 0 Å². The Balaban J connectivity index is 1.58. The Hall–Kier alpha value is -4.33. The maximum Gasteiger partial charge on any atom is 0.260 e. The molecule has 0 aliphatic carbocycles. The molecule has 2 aromatic carbocycles. The molecule has 2 heterocycles. The highest BCUT2D eigenvalue weighted by molar-refractivity contribution is 6.31. The number of rotatable bonds is 6. The molecule has 1 aliphatic rings. The third-order valence-corrected chi connectivity index (χ3v) is 4.81. The van der Waals surface area contributed by atoms with Crippen LogP contribution in [0.25, 0.3) is 17.8 Å². The summed E-state index contributed by atoms with van der Waals surface area (Å²) >= 11 is 0. The third kappa shape index (κ3) is 4.32. The van der Waals surface area contributed by atoms with Gasteiger partial charge < -0.3 is 19.7 Å². The highest BCUT2D eigenvalue weighted by Crippen LogP contribution is 2.27. The van der Waals surface area contributed by atoms with Gasteiger partial charge in [-0.2, -0.15) is 0 Å². The molecule has 156 valence electrons. The molecule has 2 amide bonds. The molecule has 1 aromatic heterocycles. The lowest BCUT2D eigenvalue weighted by Crippen LogP contribution is -2.37. The Labute approximate surface area is 178 Å². The molecule has 0 bridgehead atoms. The second-order valence-corrected chi connectivity index (χ2v) is 6.86. The number of carbonyl (C=O) groups excluding carboxylic acids is 2. The second kappa shape index (κ2) is 8.58. The molecule has 0 spiro atoms. The van der Waals surface area contributed by atoms with Gasteiger partial charge in [-0.1, -0.05) is 12.1 Å². The van der Waals surface area contributed by atoms with Gasteiger partial charge in [0.2, 0.25) is 0 Å². The summed E-state index contributed by atoms with van der Waals surface area (Å²) in [6.45, 7) is 0.373. The molecule has 0 saturated carbocycles. The number of carbonyl (C=O) groups is 2. The van der Waals surface area contributed by atoms with E-state index in [0.29, 0.717) is 29.0 Å². The Kier molecular flexibility index (Phi) is 5.53. The maximum absolute atomic E-state index is 12.5. The number of fused-ring (bicyclic) bond motifs is 1. The first-order chi connectivity index (χ1) is 15.0. The predicted molar refractivity (Wildman–Crippen MR) is 116 cm³/mol. The largest absolute Gasteiger partial charge is 0.504 e. The number of ether oxygens (including phenoxy) is 1. The fourth-order valence-electron chi connectivity index (χ4n) is 3.24. The molecule has 0 saturated heterocycles. The topological polar surface area (TPSA) is 105 Å². The van der Waals surface area contributed by atoms with Gasteiger partial charge in [0.15, 0.2) is 11.5 Å². The third-order valence-electron chi connectivity index (χ3n) is 4.81. The molecule has 0 fully saturated rings. The Morgan fingerprint density at radius 1 is 1.16 bits per heavy atom. The first-order valence-electron chi connectivity index (χ1n) is 9.50. The maximum atomic E-state index is 12.5. The molecule has 3 aromatic rings. The van der Waals surface area contributed by atoms with E-state index in [4.69, 9.17) is 4.74 Å². The quantitative estimate of drug-likeness (QED) is 0.421. The standard InChI is InChI=1S/C23H20N4O4/c1-31-21-5-3-16(11-20(21)28)12-25-13-19-18-10-15(6-8-27-9-7-24-14-27)2-4-17(18)22(29)26-23(19)30/h2-11,13-14,25,28H,12H2,1H3,(H,26,29,30)/b8-6+,19-13-. The van der Waals surface area contributed by atoms with Gasteiger partial charge in [-0.3, -0.25) is 14.9 Å². The van der Waals surface area contributed by atoms with Crippen LogP contribution in [0.15, 0.2) is 61.3 Å². The van der Waals surface area contributed by atoms with Crippen LogP contribution in [-0.4, -0.2) is 33.6 Å². The number of aromatic nitrogens is 2. The summed E-state index contributed by atoms with van der Waals surface area (Å²) in [4.78, 5) is 28.7. The zero-order valence-corrected chi connectivity index (χ0v) is 16.7. The van der Waals surface area contributed by atoms with Crippen LogP contribution in [0.3, 0.4) is 0 Å². The predicted octanol–water partition coefficient (Wildman–Crippen LogP) is 2.63. The first-order valence-corrected chi connectivity index (χ1v) is 9.50. The van der Waals surface area contributed by atoms with Crippen LogP contribution in [0.4, 0.5) is 0 Å². The van der Waals surface area contributed by atoms with E-state index in [1.54, 1.807) is 53.8 Å². The molecule has 0 unspecified atom stereocenters. The van der Waals surface area contributed by atoms with Gasteiger partial charge in [0.1, 0.15) is 0 Å². The van der Waals surface area contributed by atoms with Crippen LogP contribution in [0.2, 0.25) is 0 Å². The minimum atomic E-state index is -0.474. The van der Waals surface area contributed by atoms with Crippen molar-refractivity contribution in [1.29, 1.82) is 0 Å². The fourth-order valence-corrected chi connectivity index (χ4v) is 3.24. The van der Waals surface area contributed by atoms with Gasteiger partial charge in [-0.05, 0) is 41.5 Å². The van der Waals surface area contributed by atoms with Gasteiger partial charge in [0.25, 0.3) is 11.8 Å². The second-order valence-electron chi connectivity index (χ2n) is 6.86. The molecule has 4 rings (SSSR count). The number of hydrogen-bond donors (Lipinski definition) is 3. The van der Waals surface area contributed by atoms with Gasteiger partial charge in [-0.25, -0.2) is 4.98 Å². The van der Waals surface area contributed by atoms with Crippen molar-refractivity contribution < 1.29 is 19.4 Å². The summed E-state index contributed by atoms with van der Waals surface area (Å²) in [6.07, 6.45) is 10.4. The van der Waals surface area contributed by atoms with Crippen LogP contribution in [0, 0.1) is 0 Å². The summed E-state index contributed by atoms with van der Waals surface area (Å²) in [5.41, 5.74) is 2.96. The molecule has 31 heavy (non-hydrogen) atoms. The number of nitrogens with one attached hydrogen (secondary N) is 2. The molecular formula is C23H20N4O4. The van der Waals surface area contributed by atoms with Gasteiger partial charge >= 0.3 is 0 Å². The summed E-state index contributed by atoms with van der Waals surface area (Å²) in [5.74, 6) is -0.478. The molecule has 8 nitrogen and oxygen atoms in total. The smallest absolute Gasteiger partial charge is 0.260 e. The van der Waals surface area contributed by atoms with Crippen molar-refractivity contribution in [2.75, 3.05) is 7.11 Å². The minimum absolute atomic E-state index is 0.0372. The Morgan fingerprint density at radius 3 is 2.77 bits per heavy atom. The van der Waals surface area contributed by atoms with E-state index in [0.717, 1.165) is 11.1 Å². The van der Waals surface area contributed by atoms with Crippen molar-refractivity contribution in [3.8, 4) is 11.5 Å². The molecule has 8 heteroatoms. The van der Waals surface area contributed by atoms with E-state index in [2.05, 4.69) is 15.6 Å². The fraction of sp³-hybridized carbons (Fsp3) is 0.0870. The van der Waals surface area contributed by atoms with E-state index in [1.807, 2.05) is 24.4 Å². The number of methoxy groups -OCH3 is 1. The number of phenols is 1. The minimum Gasteiger partial charge on any atom is -0.504 e. The van der Waals surface area contributed by atoms with E-state index < -0.39 is 11.8 Å². The number of hydrogen-bond acceptors (Lipinski definition) is 6. The number of benzene rings is 2. The number of nitrogens with zero attached hydrogens (tertiary/aromatic N) is 2. The molecular weight excluding hydrogens is 396 g/mol. The zero-order valence-electron chi connectivity index (χ0n) is 16.7. The van der Waals surface area contributed by atoms with Crippen LogP contribution >= 0.6 is 0 Å². The van der Waals surface area contributed by atoms with Crippen molar-refractivity contribution in [3.05, 3.63) is 83.6 Å². The lowest BCUT2D eigenvalue weighted by molar-refractivity contribution is -0.114. The summed E-state index contributed by atoms with van der Waals surface area (Å²) < 4.78 is 6.83. The van der Waals surface area contributed by atoms with E-state index in [9.17, 15) is 14.7 Å². The summed E-state index contributed by atoms with van der Waals surface area (Å²) in [5, 5.41) is 15.3. The molecule has 3 N–H and O–H groups in total. The van der Waals surface area contributed by atoms with Crippen LogP contribution < -0.4 is 15.4 Å². The van der Waals surface area contributed by atoms with Crippen LogP contribution in [0.5, 0.6) is 11.5 Å². The number of amides is 2. The highest BCUT2D eigenvalue weighted by Gasteiger charge is 2.27. The van der Waals surface area contributed by atoms with E-state index >= 15 is 0 Å². The Bertz CT molecular complexity index is 1200. The lowest BCUT2D eigenvalue weighted by Gasteiger charge is -2.19. The van der Waals surface area contributed by atoms with Crippen LogP contribution in [-0.2, 0) is 11.3 Å². The van der Waals surface area contributed by atoms with Crippen molar-refractivity contribution in [2.24, 2.45) is 0 Å². The average Bonchev–Trinajstić information content (AvgIpc) is 3.28. The van der Waals surface area contributed by atoms with Crippen molar-refractivity contribution >= 4 is 29.7 Å². The summed E-state index contributed by atoms with van der Waals surface area (Å²) in [7, 11) is 1.48. The normalized spacial score (nSPS) is 14.5. The molecule has 0 radical (unpaired) electrons. The highest BCUT2D eigenvalue weighted by atomic mass is 16.5. The van der Waals surface area contributed by atoms with E-state index in [1.165, 1.54) is 7.11 Å². The summed E-state index contributed by atoms with van der Waals surface area (Å²) in [6, 6.07) is 10.4. The zero-order chi connectivity index (χ0) is 21.8. The van der Waals surface area contributed by atoms with Gasteiger partial charge in [0.05, 0.1) is 19.0 Å². The SMILES string of the molecule is COc1ccc(CN/C=C2\C(=O)NC(=O)c3ccc(/C=C/n4ccnc4)cc32)cc1O. The number of imidazole rings is 1. The Morgan fingerprint density at radius 2 is 2.03 bits per heavy atom. The number of phenolic OH excluding ortho intramolecular Hbond substituents is 1. The average molecular weight is 416 g/mol. The lowest BCUT2D eigenvalue weighted by atomic mass is 9.93. The van der Waals surface area contributed by atoms with Gasteiger partial charge in [-0.15, -0.1) is 0 Å². The first kappa shape index (κ1) is 20.0. The number of imide groups is 1. The van der Waals surface area contributed by atoms with Gasteiger partial charge in [0, 0.05) is 42.5 Å². The molecule has 1 aliphatic heterocycles.